The number of amides is 1. The molecule has 14 heavy (non-hydrogen) atoms. The van der Waals surface area contributed by atoms with Gasteiger partial charge in [0.25, 0.3) is 5.91 Å². The van der Waals surface area contributed by atoms with Crippen LogP contribution in [0.5, 0.6) is 0 Å². The summed E-state index contributed by atoms with van der Waals surface area (Å²) in [5.74, 6) is -0.570. The third kappa shape index (κ3) is 3.24. The van der Waals surface area contributed by atoms with Crippen LogP contribution in [0.2, 0.25) is 0 Å². The highest BCUT2D eigenvalue weighted by atomic mass is 32.2. The lowest BCUT2D eigenvalue weighted by atomic mass is 10.1. The van der Waals surface area contributed by atoms with E-state index in [9.17, 15) is 13.2 Å². The maximum absolute atomic E-state index is 11.4. The molecule has 0 aromatic rings. The van der Waals surface area contributed by atoms with Crippen LogP contribution in [-0.2, 0) is 19.6 Å². The van der Waals surface area contributed by atoms with Crippen LogP contribution in [0.3, 0.4) is 0 Å². The molecular formula is C7H14N2O4S. The Hall–Kier alpha value is -0.660. The summed E-state index contributed by atoms with van der Waals surface area (Å²) in [6, 6.07) is -0.599. The van der Waals surface area contributed by atoms with Crippen molar-refractivity contribution >= 4 is 15.9 Å². The number of hydrogen-bond donors (Lipinski definition) is 2. The van der Waals surface area contributed by atoms with Gasteiger partial charge in [0.2, 0.25) is 10.0 Å². The zero-order valence-corrected chi connectivity index (χ0v) is 8.93. The summed E-state index contributed by atoms with van der Waals surface area (Å²) < 4.78 is 28.7. The summed E-state index contributed by atoms with van der Waals surface area (Å²) in [6.07, 6.45) is 0.629. The highest BCUT2D eigenvalue weighted by Crippen LogP contribution is 2.03. The third-order valence-electron chi connectivity index (χ3n) is 1.88. The van der Waals surface area contributed by atoms with Crippen LogP contribution in [-0.4, -0.2) is 45.9 Å². The number of sulfonamides is 1. The highest BCUT2D eigenvalue weighted by Gasteiger charge is 2.29. The molecule has 7 heteroatoms. The number of carbonyl (C=O) groups excluding carboxylic acids is 1. The van der Waals surface area contributed by atoms with Crippen molar-refractivity contribution in [2.45, 2.75) is 19.1 Å². The van der Waals surface area contributed by atoms with Gasteiger partial charge in [-0.2, -0.15) is 0 Å². The maximum Gasteiger partial charge on any atom is 0.253 e. The van der Waals surface area contributed by atoms with Crippen molar-refractivity contribution in [1.82, 2.24) is 10.0 Å². The lowest BCUT2D eigenvalue weighted by Gasteiger charge is -2.28. The molecule has 0 bridgehead atoms. The molecule has 2 unspecified atom stereocenters. The first-order valence-corrected chi connectivity index (χ1v) is 6.16. The van der Waals surface area contributed by atoms with E-state index in [-0.39, 0.29) is 6.10 Å². The van der Waals surface area contributed by atoms with Crippen LogP contribution < -0.4 is 10.0 Å². The topological polar surface area (TPSA) is 84.5 Å². The molecule has 0 aromatic heterocycles. The van der Waals surface area contributed by atoms with Gasteiger partial charge < -0.3 is 10.1 Å². The minimum atomic E-state index is -3.49. The van der Waals surface area contributed by atoms with Gasteiger partial charge >= 0.3 is 0 Å². The van der Waals surface area contributed by atoms with Gasteiger partial charge in [-0.25, -0.2) is 8.42 Å². The number of rotatable bonds is 2. The fraction of sp³-hybridized carbons (Fsp3) is 0.857. The predicted molar refractivity (Wildman–Crippen MR) is 50.2 cm³/mol. The summed E-state index contributed by atoms with van der Waals surface area (Å²) in [4.78, 5) is 11.4. The molecule has 0 aromatic carbocycles. The fourth-order valence-electron chi connectivity index (χ4n) is 1.27. The van der Waals surface area contributed by atoms with E-state index in [0.29, 0.717) is 13.2 Å². The van der Waals surface area contributed by atoms with Crippen molar-refractivity contribution in [3.8, 4) is 0 Å². The van der Waals surface area contributed by atoms with Crippen molar-refractivity contribution in [1.29, 1.82) is 0 Å². The lowest BCUT2D eigenvalue weighted by Crippen LogP contribution is -2.56. The smallest absolute Gasteiger partial charge is 0.253 e. The van der Waals surface area contributed by atoms with Crippen LogP contribution in [0.25, 0.3) is 0 Å². The SMILES string of the molecule is CC1OCCNC1C(=O)NS(C)(=O)=O. The number of ether oxygens (including phenoxy) is 1. The first-order valence-electron chi connectivity index (χ1n) is 4.27. The highest BCUT2D eigenvalue weighted by molar-refractivity contribution is 7.89. The first-order chi connectivity index (χ1) is 6.40. The summed E-state index contributed by atoms with van der Waals surface area (Å²) in [6.45, 7) is 2.80. The van der Waals surface area contributed by atoms with Crippen molar-refractivity contribution in [3.05, 3.63) is 0 Å². The monoisotopic (exact) mass is 222 g/mol. The summed E-state index contributed by atoms with van der Waals surface area (Å²) in [5, 5.41) is 2.89. The average Bonchev–Trinajstić information content (AvgIpc) is 2.01. The van der Waals surface area contributed by atoms with Crippen LogP contribution in [0.1, 0.15) is 6.92 Å². The van der Waals surface area contributed by atoms with Crippen molar-refractivity contribution in [2.24, 2.45) is 0 Å². The van der Waals surface area contributed by atoms with E-state index >= 15 is 0 Å². The standard InChI is InChI=1S/C7H14N2O4S/c1-5-6(8-3-4-13-5)7(10)9-14(2,11)12/h5-6,8H,3-4H2,1-2H3,(H,9,10). The molecule has 1 heterocycles. The molecule has 0 saturated carbocycles. The second-order valence-electron chi connectivity index (χ2n) is 3.25. The van der Waals surface area contributed by atoms with E-state index in [1.54, 1.807) is 6.92 Å². The molecule has 1 fully saturated rings. The Bertz CT molecular complexity index is 314. The molecule has 1 saturated heterocycles. The van der Waals surface area contributed by atoms with Crippen molar-refractivity contribution < 1.29 is 17.9 Å². The van der Waals surface area contributed by atoms with E-state index in [1.165, 1.54) is 0 Å². The van der Waals surface area contributed by atoms with Gasteiger partial charge in [-0.1, -0.05) is 0 Å². The van der Waals surface area contributed by atoms with E-state index in [0.717, 1.165) is 6.26 Å². The Morgan fingerprint density at radius 1 is 1.57 bits per heavy atom. The lowest BCUT2D eigenvalue weighted by molar-refractivity contribution is -0.127. The average molecular weight is 222 g/mol. The first kappa shape index (κ1) is 11.4. The summed E-state index contributed by atoms with van der Waals surface area (Å²) >= 11 is 0. The Morgan fingerprint density at radius 2 is 2.21 bits per heavy atom. The third-order valence-corrected chi connectivity index (χ3v) is 2.46. The van der Waals surface area contributed by atoms with Gasteiger partial charge in [0, 0.05) is 6.54 Å². The predicted octanol–water partition coefficient (Wildman–Crippen LogP) is -1.56. The number of morpholine rings is 1. The number of hydrogen-bond acceptors (Lipinski definition) is 5. The normalized spacial score (nSPS) is 28.4. The largest absolute Gasteiger partial charge is 0.375 e. The zero-order valence-electron chi connectivity index (χ0n) is 8.11. The molecule has 1 rings (SSSR count). The Morgan fingerprint density at radius 3 is 2.71 bits per heavy atom. The molecule has 1 aliphatic heterocycles. The van der Waals surface area contributed by atoms with E-state index < -0.39 is 22.0 Å². The fourth-order valence-corrected chi connectivity index (χ4v) is 1.77. The summed E-state index contributed by atoms with van der Waals surface area (Å²) in [5.41, 5.74) is 0. The molecule has 1 amide bonds. The quantitative estimate of drug-likeness (QED) is 0.590. The zero-order chi connectivity index (χ0) is 10.8. The van der Waals surface area contributed by atoms with E-state index in [4.69, 9.17) is 4.74 Å². The van der Waals surface area contributed by atoms with Crippen LogP contribution in [0, 0.1) is 0 Å². The van der Waals surface area contributed by atoms with Gasteiger partial charge in [0.1, 0.15) is 6.04 Å². The van der Waals surface area contributed by atoms with E-state index in [1.807, 2.05) is 4.72 Å². The van der Waals surface area contributed by atoms with Crippen LogP contribution in [0.15, 0.2) is 0 Å². The molecule has 0 radical (unpaired) electrons. The van der Waals surface area contributed by atoms with E-state index in [2.05, 4.69) is 5.32 Å². The van der Waals surface area contributed by atoms with Gasteiger partial charge in [0.15, 0.2) is 0 Å². The Kier molecular flexibility index (Phi) is 3.46. The second kappa shape index (κ2) is 4.24. The minimum Gasteiger partial charge on any atom is -0.375 e. The van der Waals surface area contributed by atoms with Crippen LogP contribution in [0.4, 0.5) is 0 Å². The molecule has 82 valence electrons. The molecule has 1 aliphatic rings. The van der Waals surface area contributed by atoms with Gasteiger partial charge in [-0.15, -0.1) is 0 Å². The van der Waals surface area contributed by atoms with Gasteiger partial charge in [-0.3, -0.25) is 9.52 Å². The Balaban J connectivity index is 2.59. The molecule has 0 spiro atoms. The van der Waals surface area contributed by atoms with Gasteiger partial charge in [-0.05, 0) is 6.92 Å². The van der Waals surface area contributed by atoms with Crippen molar-refractivity contribution in [2.75, 3.05) is 19.4 Å². The molecule has 2 atom stereocenters. The molecule has 0 aliphatic carbocycles. The minimum absolute atomic E-state index is 0.314. The summed E-state index contributed by atoms with van der Waals surface area (Å²) in [7, 11) is -3.49. The molecule has 6 nitrogen and oxygen atoms in total. The maximum atomic E-state index is 11.4. The second-order valence-corrected chi connectivity index (χ2v) is 4.99. The van der Waals surface area contributed by atoms with Crippen molar-refractivity contribution in [3.63, 3.8) is 0 Å². The molecule has 2 N–H and O–H groups in total. The van der Waals surface area contributed by atoms with Crippen LogP contribution >= 0.6 is 0 Å². The number of carbonyl (C=O) groups is 1. The Labute approximate surface area is 83.1 Å². The molecular weight excluding hydrogens is 208 g/mol. The van der Waals surface area contributed by atoms with Gasteiger partial charge in [0.05, 0.1) is 19.0 Å². The number of nitrogens with one attached hydrogen (secondary N) is 2.